The van der Waals surface area contributed by atoms with Gasteiger partial charge in [-0.3, -0.25) is 14.5 Å². The number of hydrogen-bond acceptors (Lipinski definition) is 6. The van der Waals surface area contributed by atoms with Crippen LogP contribution in [0.1, 0.15) is 88.7 Å². The molecule has 1 aromatic heterocycles. The Morgan fingerprint density at radius 1 is 1.00 bits per heavy atom. The maximum absolute atomic E-state index is 13.5. The molecule has 44 heavy (non-hydrogen) atoms. The molecule has 3 aromatic rings. The third-order valence-corrected chi connectivity index (χ3v) is 9.04. The number of rotatable bonds is 18. The third-order valence-electron chi connectivity index (χ3n) is 7.67. The zero-order valence-electron chi connectivity index (χ0n) is 25.8. The van der Waals surface area contributed by atoms with Gasteiger partial charge in [0, 0.05) is 30.3 Å². The fourth-order valence-electron chi connectivity index (χ4n) is 5.18. The van der Waals surface area contributed by atoms with E-state index < -0.39 is 5.97 Å². The number of thioether (sulfide) groups is 1. The highest BCUT2D eigenvalue weighted by Gasteiger charge is 2.32. The average molecular weight is 634 g/mol. The molecule has 0 unspecified atom stereocenters. The van der Waals surface area contributed by atoms with Crippen LogP contribution in [0.4, 0.5) is 0 Å². The van der Waals surface area contributed by atoms with Crippen molar-refractivity contribution in [2.75, 3.05) is 13.2 Å². The normalized spacial score (nSPS) is 14.1. The molecule has 0 bridgehead atoms. The van der Waals surface area contributed by atoms with Crippen LogP contribution in [0.15, 0.2) is 59.6 Å². The zero-order valence-corrected chi connectivity index (χ0v) is 27.4. The number of aromatic nitrogens is 2. The number of thiocarbonyl (C=S) groups is 1. The number of amides is 1. The second kappa shape index (κ2) is 17.2. The average Bonchev–Trinajstić information content (AvgIpc) is 3.54. The molecule has 1 saturated heterocycles. The number of hydrogen-bond donors (Lipinski definition) is 1. The van der Waals surface area contributed by atoms with E-state index >= 15 is 0 Å². The van der Waals surface area contributed by atoms with Crippen LogP contribution in [0.25, 0.3) is 23.0 Å². The van der Waals surface area contributed by atoms with E-state index in [-0.39, 0.29) is 12.3 Å². The second-order valence-corrected chi connectivity index (χ2v) is 12.9. The van der Waals surface area contributed by atoms with Crippen molar-refractivity contribution >= 4 is 46.3 Å². The van der Waals surface area contributed by atoms with E-state index in [2.05, 4.69) is 19.9 Å². The topological polar surface area (TPSA) is 84.7 Å². The summed E-state index contributed by atoms with van der Waals surface area (Å²) in [6.07, 6.45) is 14.4. The highest BCUT2D eigenvalue weighted by atomic mass is 32.2. The van der Waals surface area contributed by atoms with E-state index in [1.54, 1.807) is 4.90 Å². The number of carboxylic acid groups (broad SMARTS) is 1. The summed E-state index contributed by atoms with van der Waals surface area (Å²) < 4.78 is 8.38. The minimum atomic E-state index is -0.716. The van der Waals surface area contributed by atoms with Gasteiger partial charge in [-0.15, -0.1) is 0 Å². The number of aryl methyl sites for hydroxylation is 1. The molecule has 234 valence electrons. The third kappa shape index (κ3) is 9.53. The molecule has 0 atom stereocenters. The Balaban J connectivity index is 1.42. The Bertz CT molecular complexity index is 1450. The summed E-state index contributed by atoms with van der Waals surface area (Å²) in [6.45, 7) is 5.53. The molecule has 0 aliphatic carbocycles. The number of carbonyl (C=O) groups excluding carboxylic acids is 1. The fourth-order valence-corrected chi connectivity index (χ4v) is 6.48. The predicted molar refractivity (Wildman–Crippen MR) is 183 cm³/mol. The monoisotopic (exact) mass is 633 g/mol. The Hall–Kier alpha value is -3.43. The molecule has 4 rings (SSSR count). The fraction of sp³-hybridized carbons (Fsp3) is 0.429. The number of unbranched alkanes of at least 4 members (excludes halogenated alkanes) is 8. The molecule has 7 nitrogen and oxygen atoms in total. The first-order chi connectivity index (χ1) is 21.4. The maximum atomic E-state index is 13.5. The summed E-state index contributed by atoms with van der Waals surface area (Å²) >= 11 is 6.98. The van der Waals surface area contributed by atoms with Crippen molar-refractivity contribution in [1.82, 2.24) is 14.7 Å². The van der Waals surface area contributed by atoms with Crippen molar-refractivity contribution in [2.24, 2.45) is 0 Å². The Labute approximate surface area is 270 Å². The van der Waals surface area contributed by atoms with Gasteiger partial charge >= 0.3 is 5.97 Å². The van der Waals surface area contributed by atoms with Gasteiger partial charge in [-0.1, -0.05) is 94.0 Å². The van der Waals surface area contributed by atoms with E-state index in [1.807, 2.05) is 59.4 Å². The highest BCUT2D eigenvalue weighted by molar-refractivity contribution is 8.26. The minimum absolute atomic E-state index is 0.0479. The van der Waals surface area contributed by atoms with Gasteiger partial charge in [-0.25, -0.2) is 4.68 Å². The van der Waals surface area contributed by atoms with Gasteiger partial charge in [-0.2, -0.15) is 5.10 Å². The van der Waals surface area contributed by atoms with Crippen molar-refractivity contribution in [2.45, 2.75) is 84.5 Å². The number of carboxylic acids is 1. The predicted octanol–water partition coefficient (Wildman–Crippen LogP) is 8.82. The summed E-state index contributed by atoms with van der Waals surface area (Å²) in [5.41, 5.74) is 4.66. The summed E-state index contributed by atoms with van der Waals surface area (Å²) in [5, 5.41) is 13.7. The molecular weight excluding hydrogens is 591 g/mol. The number of carbonyl (C=O) groups is 2. The van der Waals surface area contributed by atoms with E-state index in [0.29, 0.717) is 22.4 Å². The van der Waals surface area contributed by atoms with Crippen LogP contribution in [-0.4, -0.2) is 49.1 Å². The number of aliphatic carboxylic acids is 1. The molecular formula is C35H43N3O4S2. The standard InChI is InChI=1S/C35H43N3O4S2/c1-3-4-22-42-29-19-20-30(26(2)23-29)33-27(25-38(36-33)28-16-12-11-13-17-28)24-31-34(41)37(35(43)44-31)21-15-10-8-6-5-7-9-14-18-32(39)40/h11-13,16-17,19-20,23-25H,3-10,14-15,18,21-22H2,1-2H3,(H,39,40). The van der Waals surface area contributed by atoms with Gasteiger partial charge in [0.05, 0.1) is 17.2 Å². The SMILES string of the molecule is CCCCOc1ccc(-c2nn(-c3ccccc3)cc2C=C2SC(=S)N(CCCCCCCCCCC(=O)O)C2=O)c(C)c1. The lowest BCUT2D eigenvalue weighted by Crippen LogP contribution is -2.29. The molecule has 1 N–H and O–H groups in total. The van der Waals surface area contributed by atoms with Gasteiger partial charge < -0.3 is 9.84 Å². The summed E-state index contributed by atoms with van der Waals surface area (Å²) in [6, 6.07) is 16.1. The van der Waals surface area contributed by atoms with E-state index in [9.17, 15) is 9.59 Å². The number of ether oxygens (including phenoxy) is 1. The van der Waals surface area contributed by atoms with Gasteiger partial charge in [0.15, 0.2) is 0 Å². The van der Waals surface area contributed by atoms with Crippen molar-refractivity contribution < 1.29 is 19.4 Å². The van der Waals surface area contributed by atoms with Gasteiger partial charge in [0.2, 0.25) is 0 Å². The summed E-state index contributed by atoms with van der Waals surface area (Å²) in [5.74, 6) is 0.0836. The maximum Gasteiger partial charge on any atom is 0.303 e. The first-order valence-electron chi connectivity index (χ1n) is 15.7. The molecule has 0 spiro atoms. The second-order valence-electron chi connectivity index (χ2n) is 11.2. The number of benzene rings is 2. The van der Waals surface area contributed by atoms with E-state index in [1.165, 1.54) is 11.8 Å². The number of para-hydroxylation sites is 1. The van der Waals surface area contributed by atoms with Crippen LogP contribution in [0.5, 0.6) is 5.75 Å². The zero-order chi connectivity index (χ0) is 31.3. The molecule has 1 aliphatic rings. The van der Waals surface area contributed by atoms with Crippen molar-refractivity contribution in [3.63, 3.8) is 0 Å². The van der Waals surface area contributed by atoms with Crippen LogP contribution < -0.4 is 4.74 Å². The van der Waals surface area contributed by atoms with Crippen LogP contribution in [0.2, 0.25) is 0 Å². The number of nitrogens with zero attached hydrogens (tertiary/aromatic N) is 3. The molecule has 1 amide bonds. The largest absolute Gasteiger partial charge is 0.494 e. The van der Waals surface area contributed by atoms with Crippen molar-refractivity contribution in [3.8, 4) is 22.7 Å². The Kier molecular flexibility index (Phi) is 13.1. The molecule has 1 fully saturated rings. The highest BCUT2D eigenvalue weighted by Crippen LogP contribution is 2.36. The van der Waals surface area contributed by atoms with Gasteiger partial charge in [-0.05, 0) is 68.2 Å². The smallest absolute Gasteiger partial charge is 0.303 e. The molecule has 0 saturated carbocycles. The van der Waals surface area contributed by atoms with Gasteiger partial charge in [0.1, 0.15) is 15.8 Å². The minimum Gasteiger partial charge on any atom is -0.494 e. The quantitative estimate of drug-likeness (QED) is 0.0851. The van der Waals surface area contributed by atoms with Crippen molar-refractivity contribution in [3.05, 3.63) is 70.8 Å². The summed E-state index contributed by atoms with van der Waals surface area (Å²) in [7, 11) is 0. The van der Waals surface area contributed by atoms with E-state index in [4.69, 9.17) is 27.2 Å². The van der Waals surface area contributed by atoms with Crippen LogP contribution in [-0.2, 0) is 9.59 Å². The van der Waals surface area contributed by atoms with Crippen LogP contribution >= 0.6 is 24.0 Å². The molecule has 9 heteroatoms. The summed E-state index contributed by atoms with van der Waals surface area (Å²) in [4.78, 5) is 26.4. The lowest BCUT2D eigenvalue weighted by atomic mass is 10.0. The first-order valence-corrected chi connectivity index (χ1v) is 17.0. The van der Waals surface area contributed by atoms with Crippen molar-refractivity contribution in [1.29, 1.82) is 0 Å². The lowest BCUT2D eigenvalue weighted by Gasteiger charge is -2.14. The van der Waals surface area contributed by atoms with Crippen LogP contribution in [0.3, 0.4) is 0 Å². The molecule has 2 heterocycles. The molecule has 2 aromatic carbocycles. The van der Waals surface area contributed by atoms with E-state index in [0.717, 1.165) is 98.0 Å². The first kappa shape index (κ1) is 33.5. The van der Waals surface area contributed by atoms with Gasteiger partial charge in [0.25, 0.3) is 5.91 Å². The lowest BCUT2D eigenvalue weighted by molar-refractivity contribution is -0.137. The van der Waals surface area contributed by atoms with Crippen LogP contribution in [0, 0.1) is 6.92 Å². The molecule has 1 aliphatic heterocycles. The Morgan fingerprint density at radius 2 is 1.70 bits per heavy atom. The molecule has 0 radical (unpaired) electrons. The Morgan fingerprint density at radius 3 is 2.39 bits per heavy atom.